The van der Waals surface area contributed by atoms with Gasteiger partial charge in [-0.15, -0.1) is 0 Å². The zero-order valence-electron chi connectivity index (χ0n) is 28.4. The van der Waals surface area contributed by atoms with E-state index in [9.17, 15) is 0 Å². The van der Waals surface area contributed by atoms with Gasteiger partial charge < -0.3 is 5.73 Å². The van der Waals surface area contributed by atoms with Crippen molar-refractivity contribution >= 4 is 0 Å². The summed E-state index contributed by atoms with van der Waals surface area (Å²) in [6, 6.07) is 9.23. The van der Waals surface area contributed by atoms with Crippen molar-refractivity contribution in [1.29, 1.82) is 0 Å². The van der Waals surface area contributed by atoms with Gasteiger partial charge in [-0.2, -0.15) is 0 Å². The molecule has 1 atom stereocenters. The van der Waals surface area contributed by atoms with Crippen LogP contribution in [-0.4, -0.2) is 6.54 Å². The van der Waals surface area contributed by atoms with E-state index in [0.717, 1.165) is 6.54 Å². The maximum Gasteiger partial charge on any atom is -0.000813 e. The Balaban J connectivity index is 2.05. The number of benzene rings is 1. The van der Waals surface area contributed by atoms with Gasteiger partial charge >= 0.3 is 0 Å². The lowest BCUT2D eigenvalue weighted by atomic mass is 9.87. The van der Waals surface area contributed by atoms with Gasteiger partial charge in [-0.1, -0.05) is 211 Å². The van der Waals surface area contributed by atoms with Crippen LogP contribution in [-0.2, 0) is 6.42 Å². The summed E-state index contributed by atoms with van der Waals surface area (Å²) in [6.07, 6.45) is 42.5. The Morgan fingerprint density at radius 2 is 0.780 bits per heavy atom. The lowest BCUT2D eigenvalue weighted by molar-refractivity contribution is 0.517. The van der Waals surface area contributed by atoms with Crippen LogP contribution in [0.2, 0.25) is 0 Å². The molecule has 1 nitrogen and oxygen atoms in total. The minimum Gasteiger partial charge on any atom is -0.330 e. The molecule has 0 bridgehead atoms. The summed E-state index contributed by atoms with van der Waals surface area (Å²) in [7, 11) is 0. The Morgan fingerprint density at radius 1 is 0.439 bits per heavy atom. The molecule has 2 N–H and O–H groups in total. The molecule has 0 amide bonds. The van der Waals surface area contributed by atoms with Gasteiger partial charge in [0.15, 0.2) is 0 Å². The number of aryl methyl sites for hydroxylation is 1. The van der Waals surface area contributed by atoms with Crippen LogP contribution in [0.1, 0.15) is 217 Å². The van der Waals surface area contributed by atoms with Crippen molar-refractivity contribution < 1.29 is 0 Å². The molecule has 0 saturated heterocycles. The summed E-state index contributed by atoms with van der Waals surface area (Å²) >= 11 is 0. The van der Waals surface area contributed by atoms with Gasteiger partial charge in [-0.25, -0.2) is 0 Å². The predicted molar refractivity (Wildman–Crippen MR) is 187 cm³/mol. The smallest absolute Gasteiger partial charge is 0.000813 e. The molecule has 41 heavy (non-hydrogen) atoms. The normalized spacial score (nSPS) is 12.3. The van der Waals surface area contributed by atoms with E-state index in [2.05, 4.69) is 38.1 Å². The molecule has 0 aromatic heterocycles. The first-order chi connectivity index (χ1) is 20.3. The van der Waals surface area contributed by atoms with E-state index in [1.54, 1.807) is 11.1 Å². The average molecular weight is 570 g/mol. The molecule has 1 aromatic carbocycles. The fourth-order valence-corrected chi connectivity index (χ4v) is 6.66. The Bertz CT molecular complexity index is 637. The van der Waals surface area contributed by atoms with E-state index in [0.29, 0.717) is 5.92 Å². The van der Waals surface area contributed by atoms with E-state index < -0.39 is 0 Å². The van der Waals surface area contributed by atoms with Crippen LogP contribution >= 0.6 is 0 Å². The number of rotatable bonds is 32. The van der Waals surface area contributed by atoms with Crippen LogP contribution in [0, 0.1) is 0 Å². The second-order valence-corrected chi connectivity index (χ2v) is 13.4. The molecule has 240 valence electrons. The van der Waals surface area contributed by atoms with Crippen LogP contribution in [0.25, 0.3) is 0 Å². The fourth-order valence-electron chi connectivity index (χ4n) is 6.66. The summed E-state index contributed by atoms with van der Waals surface area (Å²) in [4.78, 5) is 0. The Kier molecular flexibility index (Phi) is 28.5. The molecule has 0 aliphatic carbocycles. The van der Waals surface area contributed by atoms with Crippen molar-refractivity contribution in [2.45, 2.75) is 212 Å². The Morgan fingerprint density at radius 3 is 1.17 bits per heavy atom. The highest BCUT2D eigenvalue weighted by Gasteiger charge is 2.13. The van der Waals surface area contributed by atoms with Crippen molar-refractivity contribution in [3.63, 3.8) is 0 Å². The van der Waals surface area contributed by atoms with E-state index in [1.807, 2.05) is 0 Å². The number of hydrogen-bond acceptors (Lipinski definition) is 1. The van der Waals surface area contributed by atoms with Crippen molar-refractivity contribution in [2.75, 3.05) is 6.54 Å². The first kappa shape index (κ1) is 38.2. The molecule has 0 radical (unpaired) electrons. The quantitative estimate of drug-likeness (QED) is 0.0858. The van der Waals surface area contributed by atoms with Crippen molar-refractivity contribution in [2.24, 2.45) is 5.73 Å². The molecule has 0 fully saturated rings. The van der Waals surface area contributed by atoms with Crippen LogP contribution < -0.4 is 5.73 Å². The largest absolute Gasteiger partial charge is 0.330 e. The third kappa shape index (κ3) is 23.3. The van der Waals surface area contributed by atoms with E-state index in [-0.39, 0.29) is 0 Å². The van der Waals surface area contributed by atoms with Crippen molar-refractivity contribution in [3.05, 3.63) is 35.4 Å². The first-order valence-electron chi connectivity index (χ1n) is 19.1. The molecule has 0 heterocycles. The summed E-state index contributed by atoms with van der Waals surface area (Å²) in [6.45, 7) is 5.41. The van der Waals surface area contributed by atoms with E-state index in [4.69, 9.17) is 5.73 Å². The third-order valence-corrected chi connectivity index (χ3v) is 9.49. The highest BCUT2D eigenvalue weighted by atomic mass is 14.5. The molecule has 0 aliphatic rings. The zero-order chi connectivity index (χ0) is 29.5. The van der Waals surface area contributed by atoms with Crippen LogP contribution in [0.5, 0.6) is 0 Å². The molecule has 1 aromatic rings. The summed E-state index contributed by atoms with van der Waals surface area (Å²) in [5, 5.41) is 0. The fraction of sp³-hybridized carbons (Fsp3) is 0.850. The minimum atomic E-state index is 0.551. The summed E-state index contributed by atoms with van der Waals surface area (Å²) in [5.74, 6) is 0.551. The Labute approximate surface area is 259 Å². The van der Waals surface area contributed by atoms with Crippen molar-refractivity contribution in [3.8, 4) is 0 Å². The molecular formula is C40H75N. The first-order valence-corrected chi connectivity index (χ1v) is 19.1. The Hall–Kier alpha value is -0.820. The number of unbranched alkanes of at least 4 members (excludes halogenated alkanes) is 26. The van der Waals surface area contributed by atoms with Gasteiger partial charge in [0.2, 0.25) is 0 Å². The van der Waals surface area contributed by atoms with Crippen molar-refractivity contribution in [1.82, 2.24) is 0 Å². The van der Waals surface area contributed by atoms with Crippen LogP contribution in [0.3, 0.4) is 0 Å². The zero-order valence-corrected chi connectivity index (χ0v) is 28.4. The predicted octanol–water partition coefficient (Wildman–Crippen LogP) is 13.6. The van der Waals surface area contributed by atoms with E-state index in [1.165, 1.54) is 193 Å². The van der Waals surface area contributed by atoms with Gasteiger partial charge in [0.05, 0.1) is 0 Å². The lowest BCUT2D eigenvalue weighted by Gasteiger charge is -2.19. The molecular weight excluding hydrogens is 494 g/mol. The van der Waals surface area contributed by atoms with Gasteiger partial charge in [0.1, 0.15) is 0 Å². The van der Waals surface area contributed by atoms with Gasteiger partial charge in [0.25, 0.3) is 0 Å². The highest BCUT2D eigenvalue weighted by Crippen LogP contribution is 2.27. The standard InChI is InChI=1S/C40H75N/c1-3-5-7-9-11-13-15-17-19-21-23-25-27-29-33-38-34-31-32-36-40(38)39(37-41)35-30-28-26-24-22-20-18-16-14-12-10-8-6-4-2/h31-32,34,36,39H,3-30,33,35,37,41H2,1-2H3. The second-order valence-electron chi connectivity index (χ2n) is 13.4. The molecule has 0 aliphatic heterocycles. The SMILES string of the molecule is CCCCCCCCCCCCCCCCc1ccccc1C(CN)CCCCCCCCCCCCCCCC. The average Bonchev–Trinajstić information content (AvgIpc) is 3.00. The van der Waals surface area contributed by atoms with Crippen LogP contribution in [0.4, 0.5) is 0 Å². The summed E-state index contributed by atoms with van der Waals surface area (Å²) in [5.41, 5.74) is 9.44. The lowest BCUT2D eigenvalue weighted by Crippen LogP contribution is -2.14. The van der Waals surface area contributed by atoms with Gasteiger partial charge in [-0.3, -0.25) is 0 Å². The molecule has 1 rings (SSSR count). The molecule has 1 unspecified atom stereocenters. The number of nitrogens with two attached hydrogens (primary N) is 1. The maximum atomic E-state index is 6.31. The maximum absolute atomic E-state index is 6.31. The highest BCUT2D eigenvalue weighted by molar-refractivity contribution is 5.31. The minimum absolute atomic E-state index is 0.551. The second kappa shape index (κ2) is 30.6. The molecule has 1 heteroatoms. The molecule has 0 spiro atoms. The molecule has 0 saturated carbocycles. The van der Waals surface area contributed by atoms with Gasteiger partial charge in [-0.05, 0) is 42.9 Å². The number of hydrogen-bond donors (Lipinski definition) is 1. The van der Waals surface area contributed by atoms with E-state index >= 15 is 0 Å². The summed E-state index contributed by atoms with van der Waals surface area (Å²) < 4.78 is 0. The van der Waals surface area contributed by atoms with Gasteiger partial charge in [0, 0.05) is 0 Å². The topological polar surface area (TPSA) is 26.0 Å². The monoisotopic (exact) mass is 570 g/mol. The third-order valence-electron chi connectivity index (χ3n) is 9.49. The van der Waals surface area contributed by atoms with Crippen LogP contribution in [0.15, 0.2) is 24.3 Å².